The smallest absolute Gasteiger partial charge is 0.311 e. The number of hydrazine groups is 1. The van der Waals surface area contributed by atoms with Gasteiger partial charge in [0, 0.05) is 34.8 Å². The van der Waals surface area contributed by atoms with Crippen molar-refractivity contribution < 1.29 is 28.7 Å². The number of hydrogen-bond acceptors (Lipinski definition) is 6. The lowest BCUT2D eigenvalue weighted by molar-refractivity contribution is -0.152. The van der Waals surface area contributed by atoms with E-state index in [-0.39, 0.29) is 18.9 Å². The first-order valence-corrected chi connectivity index (χ1v) is 10.1. The number of methoxy groups -OCH3 is 1. The number of benzene rings is 2. The van der Waals surface area contributed by atoms with Gasteiger partial charge in [-0.05, 0) is 36.4 Å². The quantitative estimate of drug-likeness (QED) is 0.472. The number of rotatable bonds is 6. The SMILES string of the molecule is COc1cccc(N2C[C@@H](C(=O)OCC(=O)NNC(=O)c3ccc(Br)cc3)CC2=O)c1. The van der Waals surface area contributed by atoms with Crippen LogP contribution in [0.1, 0.15) is 16.8 Å². The van der Waals surface area contributed by atoms with Crippen molar-refractivity contribution in [2.45, 2.75) is 6.42 Å². The third kappa shape index (κ3) is 5.82. The fraction of sp³-hybridized carbons (Fsp3) is 0.238. The maximum Gasteiger partial charge on any atom is 0.311 e. The number of nitrogens with zero attached hydrogens (tertiary/aromatic N) is 1. The van der Waals surface area contributed by atoms with Crippen LogP contribution in [0.5, 0.6) is 5.75 Å². The molecule has 1 heterocycles. The van der Waals surface area contributed by atoms with Gasteiger partial charge in [0.15, 0.2) is 6.61 Å². The van der Waals surface area contributed by atoms with Crippen LogP contribution in [0.25, 0.3) is 0 Å². The summed E-state index contributed by atoms with van der Waals surface area (Å²) < 4.78 is 11.0. The van der Waals surface area contributed by atoms with Gasteiger partial charge in [0.1, 0.15) is 5.75 Å². The van der Waals surface area contributed by atoms with E-state index in [1.807, 2.05) is 0 Å². The average molecular weight is 490 g/mol. The number of anilines is 1. The lowest BCUT2D eigenvalue weighted by atomic mass is 10.1. The van der Waals surface area contributed by atoms with Gasteiger partial charge in [-0.3, -0.25) is 30.0 Å². The van der Waals surface area contributed by atoms with Crippen molar-refractivity contribution in [3.8, 4) is 5.75 Å². The summed E-state index contributed by atoms with van der Waals surface area (Å²) in [5, 5.41) is 0. The minimum absolute atomic E-state index is 0.0159. The Bertz CT molecular complexity index is 995. The Hall–Kier alpha value is -3.40. The van der Waals surface area contributed by atoms with Crippen molar-refractivity contribution in [3.63, 3.8) is 0 Å². The van der Waals surface area contributed by atoms with Crippen molar-refractivity contribution in [2.24, 2.45) is 5.92 Å². The number of halogens is 1. The van der Waals surface area contributed by atoms with Gasteiger partial charge in [-0.15, -0.1) is 0 Å². The summed E-state index contributed by atoms with van der Waals surface area (Å²) in [6.45, 7) is -0.434. The molecule has 2 aromatic carbocycles. The van der Waals surface area contributed by atoms with Gasteiger partial charge in [-0.1, -0.05) is 22.0 Å². The zero-order valence-corrected chi connectivity index (χ0v) is 18.2. The monoisotopic (exact) mass is 489 g/mol. The van der Waals surface area contributed by atoms with E-state index in [9.17, 15) is 19.2 Å². The third-order valence-electron chi connectivity index (χ3n) is 4.59. The molecule has 0 radical (unpaired) electrons. The number of esters is 1. The molecule has 3 amide bonds. The molecule has 2 aromatic rings. The van der Waals surface area contributed by atoms with Gasteiger partial charge < -0.3 is 14.4 Å². The molecule has 3 rings (SSSR count). The molecule has 0 unspecified atom stereocenters. The first-order valence-electron chi connectivity index (χ1n) is 9.33. The highest BCUT2D eigenvalue weighted by atomic mass is 79.9. The molecular formula is C21H20BrN3O6. The van der Waals surface area contributed by atoms with Crippen LogP contribution >= 0.6 is 15.9 Å². The van der Waals surface area contributed by atoms with Crippen LogP contribution in [0.2, 0.25) is 0 Å². The van der Waals surface area contributed by atoms with E-state index in [4.69, 9.17) is 9.47 Å². The molecule has 1 aliphatic heterocycles. The summed E-state index contributed by atoms with van der Waals surface area (Å²) in [5.41, 5.74) is 5.39. The largest absolute Gasteiger partial charge is 0.497 e. The van der Waals surface area contributed by atoms with E-state index in [2.05, 4.69) is 26.8 Å². The maximum absolute atomic E-state index is 12.3. The molecule has 2 N–H and O–H groups in total. The summed E-state index contributed by atoms with van der Waals surface area (Å²) in [4.78, 5) is 49.9. The molecule has 9 nitrogen and oxygen atoms in total. The fourth-order valence-corrected chi connectivity index (χ4v) is 3.25. The first kappa shape index (κ1) is 22.3. The second-order valence-electron chi connectivity index (χ2n) is 6.72. The van der Waals surface area contributed by atoms with E-state index >= 15 is 0 Å². The van der Waals surface area contributed by atoms with Gasteiger partial charge >= 0.3 is 5.97 Å². The highest BCUT2D eigenvalue weighted by Gasteiger charge is 2.36. The Kier molecular flexibility index (Phi) is 7.24. The van der Waals surface area contributed by atoms with E-state index in [0.29, 0.717) is 17.0 Å². The normalized spacial score (nSPS) is 15.4. The van der Waals surface area contributed by atoms with Crippen molar-refractivity contribution in [2.75, 3.05) is 25.2 Å². The number of carbonyl (C=O) groups is 4. The molecule has 1 aliphatic rings. The number of carbonyl (C=O) groups excluding carboxylic acids is 4. The van der Waals surface area contributed by atoms with E-state index in [1.165, 1.54) is 12.0 Å². The second kappa shape index (κ2) is 10.1. The molecule has 0 bridgehead atoms. The van der Waals surface area contributed by atoms with Gasteiger partial charge in [0.05, 0.1) is 13.0 Å². The Balaban J connectivity index is 1.46. The summed E-state index contributed by atoms with van der Waals surface area (Å²) in [7, 11) is 1.53. The summed E-state index contributed by atoms with van der Waals surface area (Å²) in [6, 6.07) is 13.5. The zero-order valence-electron chi connectivity index (χ0n) is 16.6. The Morgan fingerprint density at radius 1 is 1.13 bits per heavy atom. The Morgan fingerprint density at radius 2 is 1.87 bits per heavy atom. The van der Waals surface area contributed by atoms with Gasteiger partial charge in [0.2, 0.25) is 5.91 Å². The number of hydrogen-bond donors (Lipinski definition) is 2. The van der Waals surface area contributed by atoms with Crippen LogP contribution in [-0.4, -0.2) is 44.0 Å². The predicted octanol–water partition coefficient (Wildman–Crippen LogP) is 1.82. The standard InChI is InChI=1S/C21H20BrN3O6/c1-30-17-4-2-3-16(10-17)25-11-14(9-19(25)27)21(29)31-12-18(26)23-24-20(28)13-5-7-15(22)8-6-13/h2-8,10,14H,9,11-12H2,1H3,(H,23,26)(H,24,28)/t14-/m0/s1. The molecule has 0 aromatic heterocycles. The topological polar surface area (TPSA) is 114 Å². The molecule has 10 heteroatoms. The van der Waals surface area contributed by atoms with E-state index in [1.54, 1.807) is 48.5 Å². The molecule has 162 valence electrons. The van der Waals surface area contributed by atoms with Crippen molar-refractivity contribution in [3.05, 3.63) is 58.6 Å². The van der Waals surface area contributed by atoms with E-state index in [0.717, 1.165) is 4.47 Å². The predicted molar refractivity (Wildman–Crippen MR) is 114 cm³/mol. The van der Waals surface area contributed by atoms with Gasteiger partial charge in [0.25, 0.3) is 11.8 Å². The molecule has 0 aliphatic carbocycles. The second-order valence-corrected chi connectivity index (χ2v) is 7.64. The third-order valence-corrected chi connectivity index (χ3v) is 5.12. The summed E-state index contributed by atoms with van der Waals surface area (Å²) >= 11 is 3.27. The molecule has 1 saturated heterocycles. The highest BCUT2D eigenvalue weighted by Crippen LogP contribution is 2.28. The van der Waals surface area contributed by atoms with Gasteiger partial charge in [-0.25, -0.2) is 0 Å². The Morgan fingerprint density at radius 3 is 2.58 bits per heavy atom. The maximum atomic E-state index is 12.3. The summed E-state index contributed by atoms with van der Waals surface area (Å²) in [5.74, 6) is -2.19. The molecule has 1 atom stereocenters. The first-order chi connectivity index (χ1) is 14.9. The Labute approximate surface area is 186 Å². The zero-order chi connectivity index (χ0) is 22.4. The minimum Gasteiger partial charge on any atom is -0.497 e. The molecular weight excluding hydrogens is 470 g/mol. The molecule has 0 spiro atoms. The van der Waals surface area contributed by atoms with Crippen LogP contribution in [0.15, 0.2) is 53.0 Å². The van der Waals surface area contributed by atoms with Crippen LogP contribution < -0.4 is 20.5 Å². The number of amides is 3. The van der Waals surface area contributed by atoms with Crippen LogP contribution in [0.4, 0.5) is 5.69 Å². The minimum atomic E-state index is -0.701. The van der Waals surface area contributed by atoms with E-state index < -0.39 is 30.3 Å². The number of ether oxygens (including phenoxy) is 2. The molecule has 0 saturated carbocycles. The van der Waals surface area contributed by atoms with Crippen LogP contribution in [-0.2, 0) is 19.1 Å². The lowest BCUT2D eigenvalue weighted by Crippen LogP contribution is -2.43. The fourth-order valence-electron chi connectivity index (χ4n) is 2.98. The average Bonchev–Trinajstić information content (AvgIpc) is 3.18. The van der Waals surface area contributed by atoms with Crippen molar-refractivity contribution in [1.82, 2.24) is 10.9 Å². The summed E-state index contributed by atoms with van der Waals surface area (Å²) in [6.07, 6.45) is -0.0159. The van der Waals surface area contributed by atoms with Gasteiger partial charge in [-0.2, -0.15) is 0 Å². The van der Waals surface area contributed by atoms with Crippen molar-refractivity contribution >= 4 is 45.3 Å². The van der Waals surface area contributed by atoms with Crippen LogP contribution in [0, 0.1) is 5.92 Å². The lowest BCUT2D eigenvalue weighted by Gasteiger charge is -2.17. The molecule has 31 heavy (non-hydrogen) atoms. The number of nitrogens with one attached hydrogen (secondary N) is 2. The van der Waals surface area contributed by atoms with Crippen molar-refractivity contribution in [1.29, 1.82) is 0 Å². The van der Waals surface area contributed by atoms with Crippen LogP contribution in [0.3, 0.4) is 0 Å². The highest BCUT2D eigenvalue weighted by molar-refractivity contribution is 9.10. The molecule has 1 fully saturated rings.